The topological polar surface area (TPSA) is 72.7 Å². The zero-order chi connectivity index (χ0) is 12.5. The average molecular weight is 263 g/mol. The van der Waals surface area contributed by atoms with Crippen molar-refractivity contribution in [1.29, 1.82) is 0 Å². The number of hydrogen-bond acceptors (Lipinski definition) is 5. The summed E-state index contributed by atoms with van der Waals surface area (Å²) in [4.78, 5) is 12.6. The van der Waals surface area contributed by atoms with Crippen LogP contribution >= 0.6 is 11.5 Å². The Morgan fingerprint density at radius 1 is 1.61 bits per heavy atom. The molecule has 0 unspecified atom stereocenters. The molecule has 6 nitrogen and oxygen atoms in total. The first-order chi connectivity index (χ1) is 8.74. The second-order valence-corrected chi connectivity index (χ2v) is 5.15. The normalized spacial score (nSPS) is 18.4. The van der Waals surface area contributed by atoms with Crippen LogP contribution in [0.25, 0.3) is 0 Å². The predicted molar refractivity (Wildman–Crippen MR) is 66.4 cm³/mol. The number of rotatable bonds is 2. The Labute approximate surface area is 108 Å². The predicted octanol–water partition coefficient (Wildman–Crippen LogP) is 0.788. The number of nitrogens with one attached hydrogen (secondary N) is 1. The molecule has 94 valence electrons. The Morgan fingerprint density at radius 3 is 3.28 bits per heavy atom. The molecule has 18 heavy (non-hydrogen) atoms. The largest absolute Gasteiger partial charge is 0.348 e. The lowest BCUT2D eigenvalue weighted by Gasteiger charge is -2.23. The van der Waals surface area contributed by atoms with E-state index in [0.717, 1.165) is 30.9 Å². The molecule has 3 heterocycles. The molecule has 0 fully saturated rings. The zero-order valence-corrected chi connectivity index (χ0v) is 10.8. The van der Waals surface area contributed by atoms with Crippen molar-refractivity contribution in [2.45, 2.75) is 32.4 Å². The first kappa shape index (κ1) is 11.3. The molecule has 0 saturated heterocycles. The van der Waals surface area contributed by atoms with Gasteiger partial charge in [0.1, 0.15) is 4.88 Å². The van der Waals surface area contributed by atoms with E-state index in [4.69, 9.17) is 0 Å². The van der Waals surface area contributed by atoms with Gasteiger partial charge in [0.25, 0.3) is 5.91 Å². The van der Waals surface area contributed by atoms with Crippen LogP contribution < -0.4 is 5.32 Å². The molecule has 0 aromatic carbocycles. The molecule has 7 heteroatoms. The van der Waals surface area contributed by atoms with Crippen molar-refractivity contribution in [1.82, 2.24) is 24.7 Å². The highest BCUT2D eigenvalue weighted by Crippen LogP contribution is 2.15. The highest BCUT2D eigenvalue weighted by molar-refractivity contribution is 7.08. The SMILES string of the molecule is Cc1nnsc1C(=O)N[C@@H]1CCn2nccc2C1. The van der Waals surface area contributed by atoms with E-state index in [1.807, 2.05) is 10.7 Å². The van der Waals surface area contributed by atoms with Gasteiger partial charge >= 0.3 is 0 Å². The van der Waals surface area contributed by atoms with Gasteiger partial charge in [-0.15, -0.1) is 5.10 Å². The van der Waals surface area contributed by atoms with Crippen LogP contribution in [0.4, 0.5) is 0 Å². The minimum atomic E-state index is -0.0690. The smallest absolute Gasteiger partial charge is 0.265 e. The van der Waals surface area contributed by atoms with Gasteiger partial charge in [-0.1, -0.05) is 4.49 Å². The summed E-state index contributed by atoms with van der Waals surface area (Å²) in [6.45, 7) is 2.65. The standard InChI is InChI=1S/C11H13N5OS/c1-7-10(18-15-14-7)11(17)13-8-3-5-16-9(6-8)2-4-12-16/h2,4,8H,3,5-6H2,1H3,(H,13,17)/t8-/m1/s1. The van der Waals surface area contributed by atoms with E-state index >= 15 is 0 Å². The third-order valence-electron chi connectivity index (χ3n) is 3.14. The van der Waals surface area contributed by atoms with E-state index in [0.29, 0.717) is 10.6 Å². The lowest BCUT2D eigenvalue weighted by atomic mass is 10.0. The minimum absolute atomic E-state index is 0.0690. The van der Waals surface area contributed by atoms with E-state index in [9.17, 15) is 4.79 Å². The van der Waals surface area contributed by atoms with Crippen molar-refractivity contribution in [3.05, 3.63) is 28.5 Å². The maximum absolute atomic E-state index is 12.0. The summed E-state index contributed by atoms with van der Waals surface area (Å²) < 4.78 is 5.77. The number of amides is 1. The molecule has 1 aliphatic rings. The van der Waals surface area contributed by atoms with Crippen LogP contribution in [0.1, 0.15) is 27.5 Å². The van der Waals surface area contributed by atoms with Gasteiger partial charge in [-0.25, -0.2) is 0 Å². The van der Waals surface area contributed by atoms with Crippen molar-refractivity contribution in [2.75, 3.05) is 0 Å². The molecule has 0 spiro atoms. The van der Waals surface area contributed by atoms with Gasteiger partial charge in [-0.05, 0) is 30.9 Å². The summed E-state index contributed by atoms with van der Waals surface area (Å²) in [6, 6.07) is 2.17. The summed E-state index contributed by atoms with van der Waals surface area (Å²) in [5.41, 5.74) is 1.86. The third kappa shape index (κ3) is 2.01. The Bertz CT molecular complexity index is 576. The van der Waals surface area contributed by atoms with Crippen LogP contribution in [0, 0.1) is 6.92 Å². The van der Waals surface area contributed by atoms with Crippen molar-refractivity contribution in [3.8, 4) is 0 Å². The molecule has 1 amide bonds. The molecule has 1 N–H and O–H groups in total. The maximum Gasteiger partial charge on any atom is 0.265 e. The number of nitrogens with zero attached hydrogens (tertiary/aromatic N) is 4. The van der Waals surface area contributed by atoms with E-state index < -0.39 is 0 Å². The van der Waals surface area contributed by atoms with E-state index in [1.165, 1.54) is 5.69 Å². The minimum Gasteiger partial charge on any atom is -0.348 e. The summed E-state index contributed by atoms with van der Waals surface area (Å²) in [7, 11) is 0. The lowest BCUT2D eigenvalue weighted by Crippen LogP contribution is -2.40. The van der Waals surface area contributed by atoms with E-state index in [-0.39, 0.29) is 11.9 Å². The summed E-state index contributed by atoms with van der Waals surface area (Å²) in [6.07, 6.45) is 3.54. The van der Waals surface area contributed by atoms with Crippen LogP contribution in [-0.4, -0.2) is 31.3 Å². The highest BCUT2D eigenvalue weighted by atomic mass is 32.1. The Kier molecular flexibility index (Phi) is 2.83. The van der Waals surface area contributed by atoms with Crippen molar-refractivity contribution >= 4 is 17.4 Å². The average Bonchev–Trinajstić information content (AvgIpc) is 2.96. The number of fused-ring (bicyclic) bond motifs is 1. The monoisotopic (exact) mass is 263 g/mol. The summed E-state index contributed by atoms with van der Waals surface area (Å²) in [5.74, 6) is -0.0690. The molecule has 3 rings (SSSR count). The molecule has 1 aliphatic heterocycles. The van der Waals surface area contributed by atoms with Crippen molar-refractivity contribution in [2.24, 2.45) is 0 Å². The molecule has 0 saturated carbocycles. The second-order valence-electron chi connectivity index (χ2n) is 4.40. The number of carbonyl (C=O) groups excluding carboxylic acids is 1. The lowest BCUT2D eigenvalue weighted by molar-refractivity contribution is 0.0933. The molecular weight excluding hydrogens is 250 g/mol. The summed E-state index contributed by atoms with van der Waals surface area (Å²) in [5, 5.41) is 11.1. The molecule has 2 aromatic heterocycles. The first-order valence-electron chi connectivity index (χ1n) is 5.84. The molecule has 0 bridgehead atoms. The third-order valence-corrected chi connectivity index (χ3v) is 3.97. The zero-order valence-electron chi connectivity index (χ0n) is 9.96. The Morgan fingerprint density at radius 2 is 2.50 bits per heavy atom. The number of hydrogen-bond donors (Lipinski definition) is 1. The van der Waals surface area contributed by atoms with Crippen LogP contribution in [0.15, 0.2) is 12.3 Å². The Hall–Kier alpha value is -1.76. The quantitative estimate of drug-likeness (QED) is 0.869. The summed E-state index contributed by atoms with van der Waals surface area (Å²) >= 11 is 1.14. The first-order valence-corrected chi connectivity index (χ1v) is 6.62. The van der Waals surface area contributed by atoms with Crippen LogP contribution in [-0.2, 0) is 13.0 Å². The van der Waals surface area contributed by atoms with E-state index in [1.54, 1.807) is 13.1 Å². The number of carbonyl (C=O) groups is 1. The van der Waals surface area contributed by atoms with Gasteiger partial charge in [0.15, 0.2) is 0 Å². The fraction of sp³-hybridized carbons (Fsp3) is 0.455. The van der Waals surface area contributed by atoms with Gasteiger partial charge in [-0.3, -0.25) is 9.48 Å². The fourth-order valence-corrected chi connectivity index (χ4v) is 2.74. The highest BCUT2D eigenvalue weighted by Gasteiger charge is 2.22. The number of aryl methyl sites for hydroxylation is 2. The van der Waals surface area contributed by atoms with Gasteiger partial charge in [0, 0.05) is 30.9 Å². The molecule has 2 aromatic rings. The van der Waals surface area contributed by atoms with Crippen LogP contribution in [0.3, 0.4) is 0 Å². The second kappa shape index (κ2) is 4.49. The number of aromatic nitrogens is 4. The van der Waals surface area contributed by atoms with Crippen molar-refractivity contribution in [3.63, 3.8) is 0 Å². The Balaban J connectivity index is 1.68. The fourth-order valence-electron chi connectivity index (χ4n) is 2.18. The van der Waals surface area contributed by atoms with Crippen LogP contribution in [0.2, 0.25) is 0 Å². The van der Waals surface area contributed by atoms with Gasteiger partial charge in [0.2, 0.25) is 0 Å². The van der Waals surface area contributed by atoms with Gasteiger partial charge < -0.3 is 5.32 Å². The van der Waals surface area contributed by atoms with E-state index in [2.05, 4.69) is 20.0 Å². The molecule has 1 atom stereocenters. The maximum atomic E-state index is 12.0. The van der Waals surface area contributed by atoms with Gasteiger partial charge in [0.05, 0.1) is 5.69 Å². The molecular formula is C11H13N5OS. The van der Waals surface area contributed by atoms with Crippen molar-refractivity contribution < 1.29 is 4.79 Å². The molecule has 0 radical (unpaired) electrons. The molecule has 0 aliphatic carbocycles. The van der Waals surface area contributed by atoms with Crippen LogP contribution in [0.5, 0.6) is 0 Å². The van der Waals surface area contributed by atoms with Gasteiger partial charge in [-0.2, -0.15) is 5.10 Å².